The number of rotatable bonds is 8. The summed E-state index contributed by atoms with van der Waals surface area (Å²) in [5.41, 5.74) is 1.09. The zero-order chi connectivity index (χ0) is 15.7. The summed E-state index contributed by atoms with van der Waals surface area (Å²) in [5, 5.41) is 17.3. The normalized spacial score (nSPS) is 11.0. The van der Waals surface area contributed by atoms with Gasteiger partial charge in [0.25, 0.3) is 0 Å². The van der Waals surface area contributed by atoms with E-state index in [2.05, 4.69) is 0 Å². The Morgan fingerprint density at radius 3 is 2.38 bits per heavy atom. The van der Waals surface area contributed by atoms with Crippen molar-refractivity contribution in [1.29, 1.82) is 10.5 Å². The molecule has 1 aromatic rings. The third kappa shape index (κ3) is 5.52. The summed E-state index contributed by atoms with van der Waals surface area (Å²) in [5.74, 6) is -0.159. The van der Waals surface area contributed by atoms with Crippen LogP contribution in [0.3, 0.4) is 0 Å². The van der Waals surface area contributed by atoms with Gasteiger partial charge in [0, 0.05) is 26.6 Å². The lowest BCUT2D eigenvalue weighted by molar-refractivity contribution is 0.179. The molecule has 7 heteroatoms. The molecule has 0 N–H and O–H groups in total. The maximum atomic E-state index is 12.4. The molecule has 1 rings (SSSR count). The molecule has 0 aliphatic heterocycles. The van der Waals surface area contributed by atoms with Gasteiger partial charge in [0.05, 0.1) is 30.1 Å². The molecule has 0 aromatic heterocycles. The molecule has 0 saturated carbocycles. The fraction of sp³-hybridized carbons (Fsp3) is 0.429. The first-order valence-corrected chi connectivity index (χ1v) is 7.97. The van der Waals surface area contributed by atoms with Crippen LogP contribution in [0, 0.1) is 22.7 Å². The monoisotopic (exact) mass is 307 g/mol. The van der Waals surface area contributed by atoms with Gasteiger partial charge in [-0.2, -0.15) is 14.8 Å². The highest BCUT2D eigenvalue weighted by atomic mass is 32.2. The molecule has 0 heterocycles. The summed E-state index contributed by atoms with van der Waals surface area (Å²) in [6, 6.07) is 10.3. The van der Waals surface area contributed by atoms with Gasteiger partial charge in [0.1, 0.15) is 0 Å². The van der Waals surface area contributed by atoms with Crippen LogP contribution >= 0.6 is 0 Å². The van der Waals surface area contributed by atoms with Crippen LogP contribution in [0.1, 0.15) is 17.5 Å². The van der Waals surface area contributed by atoms with Gasteiger partial charge in [-0.15, -0.1) is 0 Å². The fourth-order valence-corrected chi connectivity index (χ4v) is 3.25. The molecule has 1 aromatic carbocycles. The predicted octanol–water partition coefficient (Wildman–Crippen LogP) is 1.25. The molecule has 0 aliphatic carbocycles. The minimum absolute atomic E-state index is 0.135. The Morgan fingerprint density at radius 1 is 1.19 bits per heavy atom. The molecule has 0 saturated heterocycles. The summed E-state index contributed by atoms with van der Waals surface area (Å²) >= 11 is 0. The molecular weight excluding hydrogens is 290 g/mol. The zero-order valence-corrected chi connectivity index (χ0v) is 12.6. The van der Waals surface area contributed by atoms with E-state index in [9.17, 15) is 8.42 Å². The summed E-state index contributed by atoms with van der Waals surface area (Å²) in [6.45, 7) is 0.646. The average molecular weight is 307 g/mol. The van der Waals surface area contributed by atoms with Crippen LogP contribution in [-0.2, 0) is 20.5 Å². The Morgan fingerprint density at radius 2 is 1.86 bits per heavy atom. The van der Waals surface area contributed by atoms with Crippen molar-refractivity contribution in [2.75, 3.05) is 26.8 Å². The van der Waals surface area contributed by atoms with Crippen molar-refractivity contribution in [2.45, 2.75) is 12.2 Å². The third-order valence-electron chi connectivity index (χ3n) is 2.84. The summed E-state index contributed by atoms with van der Waals surface area (Å²) in [6.07, 6.45) is 0.135. The van der Waals surface area contributed by atoms with Crippen LogP contribution in [0.4, 0.5) is 0 Å². The predicted molar refractivity (Wildman–Crippen MR) is 77.5 cm³/mol. The van der Waals surface area contributed by atoms with Gasteiger partial charge in [0.2, 0.25) is 10.0 Å². The molecule has 21 heavy (non-hydrogen) atoms. The van der Waals surface area contributed by atoms with Gasteiger partial charge >= 0.3 is 0 Å². The van der Waals surface area contributed by atoms with E-state index in [-0.39, 0.29) is 31.9 Å². The maximum absolute atomic E-state index is 12.4. The molecule has 0 atom stereocenters. The minimum atomic E-state index is -3.52. The van der Waals surface area contributed by atoms with Crippen LogP contribution in [0.5, 0.6) is 0 Å². The van der Waals surface area contributed by atoms with Crippen LogP contribution in [-0.4, -0.2) is 39.5 Å². The van der Waals surface area contributed by atoms with Crippen molar-refractivity contribution in [3.05, 3.63) is 35.4 Å². The highest BCUT2D eigenvalue weighted by Gasteiger charge is 2.21. The molecule has 0 bridgehead atoms. The van der Waals surface area contributed by atoms with Crippen molar-refractivity contribution < 1.29 is 13.2 Å². The maximum Gasteiger partial charge on any atom is 0.218 e. The number of benzene rings is 1. The molecule has 0 amide bonds. The Bertz CT molecular complexity index is 627. The second-order valence-electron chi connectivity index (χ2n) is 4.36. The molecule has 6 nitrogen and oxygen atoms in total. The van der Waals surface area contributed by atoms with Gasteiger partial charge in [-0.3, -0.25) is 0 Å². The molecule has 0 unspecified atom stereocenters. The number of nitrogens with zero attached hydrogens (tertiary/aromatic N) is 3. The lowest BCUT2D eigenvalue weighted by Gasteiger charge is -2.20. The Hall–Kier alpha value is -1.93. The van der Waals surface area contributed by atoms with Crippen molar-refractivity contribution >= 4 is 10.0 Å². The minimum Gasteiger partial charge on any atom is -0.383 e. The number of methoxy groups -OCH3 is 1. The van der Waals surface area contributed by atoms with Crippen molar-refractivity contribution in [3.8, 4) is 12.1 Å². The van der Waals surface area contributed by atoms with Crippen molar-refractivity contribution in [3.63, 3.8) is 0 Å². The largest absolute Gasteiger partial charge is 0.383 e. The van der Waals surface area contributed by atoms with Crippen LogP contribution < -0.4 is 0 Å². The van der Waals surface area contributed by atoms with Crippen LogP contribution in [0.15, 0.2) is 24.3 Å². The van der Waals surface area contributed by atoms with E-state index in [0.717, 1.165) is 0 Å². The first-order valence-electron chi connectivity index (χ1n) is 6.36. The van der Waals surface area contributed by atoms with E-state index in [1.165, 1.54) is 11.4 Å². The first kappa shape index (κ1) is 17.1. The van der Waals surface area contributed by atoms with Gasteiger partial charge < -0.3 is 4.74 Å². The van der Waals surface area contributed by atoms with Crippen molar-refractivity contribution in [1.82, 2.24) is 4.31 Å². The van der Waals surface area contributed by atoms with Crippen LogP contribution in [0.25, 0.3) is 0 Å². The average Bonchev–Trinajstić information content (AvgIpc) is 2.47. The van der Waals surface area contributed by atoms with E-state index in [0.29, 0.717) is 11.1 Å². The standard InChI is InChI=1S/C14H17N3O3S/c1-20-10-9-17(8-2-7-15)21(18,19)12-14-5-3-13(11-16)4-6-14/h3-6H,2,8-10,12H2,1H3. The summed E-state index contributed by atoms with van der Waals surface area (Å²) in [4.78, 5) is 0. The number of ether oxygens (including phenoxy) is 1. The molecular formula is C14H17N3O3S. The fourth-order valence-electron chi connectivity index (χ4n) is 1.74. The molecule has 0 fully saturated rings. The second-order valence-corrected chi connectivity index (χ2v) is 6.33. The summed E-state index contributed by atoms with van der Waals surface area (Å²) < 4.78 is 30.9. The van der Waals surface area contributed by atoms with E-state index >= 15 is 0 Å². The highest BCUT2D eigenvalue weighted by Crippen LogP contribution is 2.12. The Balaban J connectivity index is 2.83. The van der Waals surface area contributed by atoms with Gasteiger partial charge in [-0.1, -0.05) is 12.1 Å². The Kier molecular flexibility index (Phi) is 6.83. The SMILES string of the molecule is COCCN(CCC#N)S(=O)(=O)Cc1ccc(C#N)cc1. The molecule has 0 aliphatic rings. The van der Waals surface area contributed by atoms with Gasteiger partial charge in [-0.05, 0) is 17.7 Å². The summed E-state index contributed by atoms with van der Waals surface area (Å²) in [7, 11) is -2.02. The Labute approximate surface area is 125 Å². The second kappa shape index (κ2) is 8.38. The quantitative estimate of drug-likeness (QED) is 0.720. The topological polar surface area (TPSA) is 94.2 Å². The number of nitriles is 2. The van der Waals surface area contributed by atoms with Crippen molar-refractivity contribution in [2.24, 2.45) is 0 Å². The molecule has 112 valence electrons. The van der Waals surface area contributed by atoms with E-state index in [1.807, 2.05) is 12.1 Å². The van der Waals surface area contributed by atoms with Gasteiger partial charge in [-0.25, -0.2) is 8.42 Å². The number of hydrogen-bond acceptors (Lipinski definition) is 5. The zero-order valence-electron chi connectivity index (χ0n) is 11.8. The highest BCUT2D eigenvalue weighted by molar-refractivity contribution is 7.88. The lowest BCUT2D eigenvalue weighted by atomic mass is 10.2. The van der Waals surface area contributed by atoms with E-state index in [1.54, 1.807) is 24.3 Å². The third-order valence-corrected chi connectivity index (χ3v) is 4.69. The lowest BCUT2D eigenvalue weighted by Crippen LogP contribution is -2.35. The first-order chi connectivity index (χ1) is 10.0. The van der Waals surface area contributed by atoms with E-state index in [4.69, 9.17) is 15.3 Å². The van der Waals surface area contributed by atoms with Gasteiger partial charge in [0.15, 0.2) is 0 Å². The smallest absolute Gasteiger partial charge is 0.218 e. The molecule has 0 radical (unpaired) electrons. The molecule has 0 spiro atoms. The van der Waals surface area contributed by atoms with Crippen LogP contribution in [0.2, 0.25) is 0 Å². The van der Waals surface area contributed by atoms with E-state index < -0.39 is 10.0 Å². The number of hydrogen-bond donors (Lipinski definition) is 0. The number of sulfonamides is 1.